The number of halogens is 1. The zero-order valence-corrected chi connectivity index (χ0v) is 18.2. The SMILES string of the molecule is COC/C=C/c1nn(CCN2CCN(C)CC2)c2nnc(-c3ccccc3)c(Cl)c12. The fourth-order valence-electron chi connectivity index (χ4n) is 3.66. The molecule has 0 amide bonds. The van der Waals surface area contributed by atoms with Gasteiger partial charge in [0.2, 0.25) is 0 Å². The Kier molecular flexibility index (Phi) is 6.74. The molecule has 8 heteroatoms. The third-order valence-electron chi connectivity index (χ3n) is 5.43. The largest absolute Gasteiger partial charge is 0.381 e. The van der Waals surface area contributed by atoms with Crippen LogP contribution in [-0.4, -0.2) is 83.3 Å². The minimum absolute atomic E-state index is 0.511. The number of hydrogen-bond acceptors (Lipinski definition) is 6. The first-order valence-corrected chi connectivity index (χ1v) is 10.6. The lowest BCUT2D eigenvalue weighted by Gasteiger charge is -2.32. The van der Waals surface area contributed by atoms with E-state index in [1.807, 2.05) is 47.2 Å². The van der Waals surface area contributed by atoms with Crippen molar-refractivity contribution < 1.29 is 4.74 Å². The van der Waals surface area contributed by atoms with Gasteiger partial charge < -0.3 is 9.64 Å². The third kappa shape index (κ3) is 4.54. The molecule has 30 heavy (non-hydrogen) atoms. The average molecular weight is 427 g/mol. The van der Waals surface area contributed by atoms with E-state index in [0.717, 1.165) is 55.9 Å². The lowest BCUT2D eigenvalue weighted by atomic mass is 10.1. The highest BCUT2D eigenvalue weighted by Gasteiger charge is 2.20. The van der Waals surface area contributed by atoms with E-state index in [1.54, 1.807) is 7.11 Å². The average Bonchev–Trinajstić information content (AvgIpc) is 3.13. The Hall–Kier alpha value is -2.32. The Morgan fingerprint density at radius 2 is 1.83 bits per heavy atom. The van der Waals surface area contributed by atoms with Gasteiger partial charge in [-0.05, 0) is 13.1 Å². The molecule has 4 rings (SSSR count). The van der Waals surface area contributed by atoms with Gasteiger partial charge >= 0.3 is 0 Å². The van der Waals surface area contributed by atoms with Crippen LogP contribution in [0.15, 0.2) is 36.4 Å². The summed E-state index contributed by atoms with van der Waals surface area (Å²) in [6, 6.07) is 9.88. The highest BCUT2D eigenvalue weighted by Crippen LogP contribution is 2.33. The summed E-state index contributed by atoms with van der Waals surface area (Å²) in [5.41, 5.74) is 3.11. The van der Waals surface area contributed by atoms with Crippen LogP contribution in [0.25, 0.3) is 28.4 Å². The van der Waals surface area contributed by atoms with Crippen LogP contribution in [0.4, 0.5) is 0 Å². The number of likely N-dealkylation sites (N-methyl/N-ethyl adjacent to an activating group) is 1. The van der Waals surface area contributed by atoms with Gasteiger partial charge in [-0.25, -0.2) is 4.68 Å². The quantitative estimate of drug-likeness (QED) is 0.578. The maximum atomic E-state index is 6.84. The molecule has 1 saturated heterocycles. The van der Waals surface area contributed by atoms with Crippen molar-refractivity contribution in [2.45, 2.75) is 6.54 Å². The molecule has 7 nitrogen and oxygen atoms in total. The smallest absolute Gasteiger partial charge is 0.182 e. The molecule has 0 unspecified atom stereocenters. The summed E-state index contributed by atoms with van der Waals surface area (Å²) in [4.78, 5) is 4.82. The molecule has 0 N–H and O–H groups in total. The van der Waals surface area contributed by atoms with Gasteiger partial charge in [-0.1, -0.05) is 48.0 Å². The van der Waals surface area contributed by atoms with E-state index in [4.69, 9.17) is 21.4 Å². The Morgan fingerprint density at radius 3 is 2.57 bits per heavy atom. The van der Waals surface area contributed by atoms with Gasteiger partial charge in [0.25, 0.3) is 0 Å². The molecule has 0 atom stereocenters. The molecule has 2 aromatic heterocycles. The second kappa shape index (κ2) is 9.66. The van der Waals surface area contributed by atoms with Gasteiger partial charge in [-0.2, -0.15) is 5.10 Å². The molecule has 1 aliphatic heterocycles. The van der Waals surface area contributed by atoms with E-state index < -0.39 is 0 Å². The molecule has 1 fully saturated rings. The second-order valence-corrected chi connectivity index (χ2v) is 7.92. The van der Waals surface area contributed by atoms with Gasteiger partial charge in [0.15, 0.2) is 5.65 Å². The van der Waals surface area contributed by atoms with Gasteiger partial charge in [0.05, 0.1) is 29.3 Å². The zero-order valence-electron chi connectivity index (χ0n) is 17.5. The zero-order chi connectivity index (χ0) is 20.9. The van der Waals surface area contributed by atoms with E-state index >= 15 is 0 Å². The predicted molar refractivity (Wildman–Crippen MR) is 121 cm³/mol. The highest BCUT2D eigenvalue weighted by molar-refractivity contribution is 6.38. The van der Waals surface area contributed by atoms with E-state index in [-0.39, 0.29) is 0 Å². The molecule has 1 aliphatic rings. The number of ether oxygens (including phenoxy) is 1. The van der Waals surface area contributed by atoms with Crippen molar-refractivity contribution in [2.24, 2.45) is 0 Å². The third-order valence-corrected chi connectivity index (χ3v) is 5.80. The number of methoxy groups -OCH3 is 1. The first kappa shape index (κ1) is 20.9. The number of benzene rings is 1. The molecular weight excluding hydrogens is 400 g/mol. The number of hydrogen-bond donors (Lipinski definition) is 0. The van der Waals surface area contributed by atoms with E-state index in [9.17, 15) is 0 Å². The summed E-state index contributed by atoms with van der Waals surface area (Å²) < 4.78 is 7.07. The number of piperazine rings is 1. The van der Waals surface area contributed by atoms with Crippen LogP contribution >= 0.6 is 11.6 Å². The summed E-state index contributed by atoms with van der Waals surface area (Å²) in [6.45, 7) is 6.51. The Balaban J connectivity index is 1.68. The van der Waals surface area contributed by atoms with E-state index in [1.165, 1.54) is 0 Å². The summed E-state index contributed by atoms with van der Waals surface area (Å²) in [7, 11) is 3.84. The molecule has 158 valence electrons. The predicted octanol–water partition coefficient (Wildman–Crippen LogP) is 3.05. The topological polar surface area (TPSA) is 59.3 Å². The second-order valence-electron chi connectivity index (χ2n) is 7.54. The highest BCUT2D eigenvalue weighted by atomic mass is 35.5. The van der Waals surface area contributed by atoms with Crippen LogP contribution in [-0.2, 0) is 11.3 Å². The molecule has 3 heterocycles. The molecular formula is C22H27ClN6O. The summed E-state index contributed by atoms with van der Waals surface area (Å²) >= 11 is 6.84. The van der Waals surface area contributed by atoms with E-state index in [2.05, 4.69) is 27.0 Å². The van der Waals surface area contributed by atoms with Gasteiger partial charge in [-0.3, -0.25) is 4.90 Å². The Labute approximate surface area is 181 Å². The van der Waals surface area contributed by atoms with Crippen LogP contribution in [0.1, 0.15) is 5.69 Å². The number of rotatable bonds is 7. The van der Waals surface area contributed by atoms with Gasteiger partial charge in [0, 0.05) is 45.4 Å². The van der Waals surface area contributed by atoms with E-state index in [0.29, 0.717) is 23.0 Å². The molecule has 0 saturated carbocycles. The molecule has 1 aromatic carbocycles. The minimum Gasteiger partial charge on any atom is -0.381 e. The fraction of sp³-hybridized carbons (Fsp3) is 0.409. The van der Waals surface area contributed by atoms with Gasteiger partial charge in [-0.15, -0.1) is 10.2 Å². The van der Waals surface area contributed by atoms with Gasteiger partial charge in [0.1, 0.15) is 5.69 Å². The maximum absolute atomic E-state index is 6.84. The molecule has 0 bridgehead atoms. The van der Waals surface area contributed by atoms with Crippen molar-refractivity contribution in [2.75, 3.05) is 53.5 Å². The first-order chi connectivity index (χ1) is 14.7. The van der Waals surface area contributed by atoms with Crippen molar-refractivity contribution in [1.82, 2.24) is 29.8 Å². The number of nitrogens with zero attached hydrogens (tertiary/aromatic N) is 6. The normalized spacial score (nSPS) is 16.1. The lowest BCUT2D eigenvalue weighted by molar-refractivity contribution is 0.149. The Bertz CT molecular complexity index is 1010. The summed E-state index contributed by atoms with van der Waals surface area (Å²) in [5, 5.41) is 15.2. The molecule has 3 aromatic rings. The number of fused-ring (bicyclic) bond motifs is 1. The first-order valence-electron chi connectivity index (χ1n) is 10.2. The summed E-state index contributed by atoms with van der Waals surface area (Å²) in [5.74, 6) is 0. The van der Waals surface area contributed by atoms with Crippen LogP contribution in [0, 0.1) is 0 Å². The van der Waals surface area contributed by atoms with Crippen molar-refractivity contribution >= 4 is 28.7 Å². The monoisotopic (exact) mass is 426 g/mol. The van der Waals surface area contributed by atoms with Crippen LogP contribution < -0.4 is 0 Å². The van der Waals surface area contributed by atoms with Crippen molar-refractivity contribution in [1.29, 1.82) is 0 Å². The lowest BCUT2D eigenvalue weighted by Crippen LogP contribution is -2.45. The standard InChI is InChI=1S/C22H27ClN6O/c1-27-10-12-28(13-11-27)14-15-29-22-19(18(26-29)9-6-16-30-2)20(23)21(24-25-22)17-7-4-3-5-8-17/h3-9H,10-16H2,1-2H3/b9-6+. The Morgan fingerprint density at radius 1 is 1.07 bits per heavy atom. The molecule has 0 radical (unpaired) electrons. The summed E-state index contributed by atoms with van der Waals surface area (Å²) in [6.07, 6.45) is 3.88. The minimum atomic E-state index is 0.511. The molecule has 0 spiro atoms. The van der Waals surface area contributed by atoms with Crippen molar-refractivity contribution in [3.63, 3.8) is 0 Å². The van der Waals surface area contributed by atoms with Crippen molar-refractivity contribution in [3.05, 3.63) is 47.1 Å². The maximum Gasteiger partial charge on any atom is 0.182 e. The van der Waals surface area contributed by atoms with Crippen LogP contribution in [0.5, 0.6) is 0 Å². The molecule has 0 aliphatic carbocycles. The van der Waals surface area contributed by atoms with Crippen LogP contribution in [0.2, 0.25) is 5.02 Å². The van der Waals surface area contributed by atoms with Crippen molar-refractivity contribution in [3.8, 4) is 11.3 Å². The fourth-order valence-corrected chi connectivity index (χ4v) is 3.99. The number of aromatic nitrogens is 4. The van der Waals surface area contributed by atoms with Crippen LogP contribution in [0.3, 0.4) is 0 Å².